The number of rotatable bonds is 6. The molecule has 3 rings (SSSR count). The van der Waals surface area contributed by atoms with Crippen molar-refractivity contribution in [1.82, 2.24) is 15.2 Å². The quantitative estimate of drug-likeness (QED) is 0.851. The van der Waals surface area contributed by atoms with Crippen LogP contribution in [-0.2, 0) is 6.54 Å². The van der Waals surface area contributed by atoms with Crippen molar-refractivity contribution in [2.45, 2.75) is 45.2 Å². The number of benzene rings is 1. The Bertz CT molecular complexity index is 552. The van der Waals surface area contributed by atoms with Crippen molar-refractivity contribution in [1.29, 1.82) is 0 Å². The monoisotopic (exact) mass is 285 g/mol. The normalized spacial score (nSPS) is 17.6. The number of unbranched alkanes of at least 4 members (excludes halogenated alkanes) is 1. The lowest BCUT2D eigenvalue weighted by molar-refractivity contribution is 0.195. The minimum absolute atomic E-state index is 0.685. The largest absolute Gasteiger partial charge is 0.361 e. The van der Waals surface area contributed by atoms with Crippen LogP contribution >= 0.6 is 0 Å². The zero-order chi connectivity index (χ0) is 14.5. The molecule has 3 heteroatoms. The topological polar surface area (TPSA) is 31.1 Å². The molecular weight excluding hydrogens is 258 g/mol. The maximum atomic E-state index is 3.73. The second kappa shape index (κ2) is 7.10. The molecule has 1 aromatic heterocycles. The standard InChI is InChI=1S/C18H27N3/c1-2-3-10-21-11-7-17(8-12-21)20-14-15-4-5-18-16(13-15)6-9-19-18/h4-6,9,13,17,19-20H,2-3,7-8,10-12,14H2,1H3. The Morgan fingerprint density at radius 3 is 2.90 bits per heavy atom. The zero-order valence-corrected chi connectivity index (χ0v) is 13.1. The number of likely N-dealkylation sites (tertiary alicyclic amines) is 1. The summed E-state index contributed by atoms with van der Waals surface area (Å²) in [5.41, 5.74) is 2.61. The number of nitrogens with zero attached hydrogens (tertiary/aromatic N) is 1. The average Bonchev–Trinajstić information content (AvgIpc) is 2.99. The number of hydrogen-bond acceptors (Lipinski definition) is 2. The molecule has 1 aromatic carbocycles. The molecule has 0 aliphatic carbocycles. The molecule has 0 radical (unpaired) electrons. The van der Waals surface area contributed by atoms with E-state index in [-0.39, 0.29) is 0 Å². The van der Waals surface area contributed by atoms with Gasteiger partial charge in [-0.15, -0.1) is 0 Å². The van der Waals surface area contributed by atoms with Gasteiger partial charge in [-0.1, -0.05) is 19.4 Å². The van der Waals surface area contributed by atoms with Crippen LogP contribution in [0, 0.1) is 0 Å². The summed E-state index contributed by atoms with van der Waals surface area (Å²) in [6.45, 7) is 7.06. The van der Waals surface area contributed by atoms with Crippen LogP contribution in [0.15, 0.2) is 30.5 Å². The second-order valence-corrected chi connectivity index (χ2v) is 6.25. The van der Waals surface area contributed by atoms with Gasteiger partial charge in [0.15, 0.2) is 0 Å². The van der Waals surface area contributed by atoms with E-state index >= 15 is 0 Å². The smallest absolute Gasteiger partial charge is 0.0454 e. The van der Waals surface area contributed by atoms with E-state index in [1.54, 1.807) is 0 Å². The predicted octanol–water partition coefficient (Wildman–Crippen LogP) is 3.52. The number of piperidine rings is 1. The van der Waals surface area contributed by atoms with E-state index in [9.17, 15) is 0 Å². The second-order valence-electron chi connectivity index (χ2n) is 6.25. The van der Waals surface area contributed by atoms with Crippen LogP contribution in [0.25, 0.3) is 10.9 Å². The zero-order valence-electron chi connectivity index (χ0n) is 13.1. The van der Waals surface area contributed by atoms with Crippen molar-refractivity contribution in [2.24, 2.45) is 0 Å². The molecule has 1 saturated heterocycles. The Balaban J connectivity index is 1.45. The highest BCUT2D eigenvalue weighted by molar-refractivity contribution is 5.79. The van der Waals surface area contributed by atoms with Crippen LogP contribution in [0.3, 0.4) is 0 Å². The molecule has 0 spiro atoms. The molecule has 1 fully saturated rings. The third kappa shape index (κ3) is 3.86. The third-order valence-corrected chi connectivity index (χ3v) is 4.63. The minimum atomic E-state index is 0.685. The molecule has 2 aromatic rings. The number of H-pyrrole nitrogens is 1. The summed E-state index contributed by atoms with van der Waals surface area (Å²) >= 11 is 0. The summed E-state index contributed by atoms with van der Waals surface area (Å²) in [6.07, 6.45) is 7.23. The Morgan fingerprint density at radius 2 is 2.10 bits per heavy atom. The summed E-state index contributed by atoms with van der Waals surface area (Å²) in [5, 5.41) is 5.04. The SMILES string of the molecule is CCCCN1CCC(NCc2ccc3[nH]ccc3c2)CC1. The molecule has 21 heavy (non-hydrogen) atoms. The van der Waals surface area contributed by atoms with Gasteiger partial charge in [0.05, 0.1) is 0 Å². The molecular formula is C18H27N3. The maximum absolute atomic E-state index is 3.73. The van der Waals surface area contributed by atoms with Gasteiger partial charge < -0.3 is 15.2 Å². The van der Waals surface area contributed by atoms with Gasteiger partial charge in [0.2, 0.25) is 0 Å². The van der Waals surface area contributed by atoms with Crippen LogP contribution in [0.1, 0.15) is 38.2 Å². The lowest BCUT2D eigenvalue weighted by Crippen LogP contribution is -2.42. The molecule has 2 heterocycles. The van der Waals surface area contributed by atoms with Crippen molar-refractivity contribution in [2.75, 3.05) is 19.6 Å². The molecule has 2 N–H and O–H groups in total. The van der Waals surface area contributed by atoms with Crippen LogP contribution in [-0.4, -0.2) is 35.6 Å². The Hall–Kier alpha value is -1.32. The number of aromatic nitrogens is 1. The lowest BCUT2D eigenvalue weighted by atomic mass is 10.0. The summed E-state index contributed by atoms with van der Waals surface area (Å²) in [6, 6.07) is 9.52. The highest BCUT2D eigenvalue weighted by atomic mass is 15.1. The van der Waals surface area contributed by atoms with E-state index in [4.69, 9.17) is 0 Å². The first-order valence-corrected chi connectivity index (χ1v) is 8.37. The average molecular weight is 285 g/mol. The van der Waals surface area contributed by atoms with Gasteiger partial charge in [0, 0.05) is 24.3 Å². The fourth-order valence-electron chi connectivity index (χ4n) is 3.22. The first-order valence-electron chi connectivity index (χ1n) is 8.37. The predicted molar refractivity (Wildman–Crippen MR) is 89.5 cm³/mol. The van der Waals surface area contributed by atoms with Gasteiger partial charge in [-0.05, 0) is 68.0 Å². The van der Waals surface area contributed by atoms with E-state index in [1.807, 2.05) is 6.20 Å². The first-order chi connectivity index (χ1) is 10.3. The number of aromatic amines is 1. The van der Waals surface area contributed by atoms with Crippen LogP contribution < -0.4 is 5.32 Å². The lowest BCUT2D eigenvalue weighted by Gasteiger charge is -2.32. The van der Waals surface area contributed by atoms with E-state index in [2.05, 4.69) is 46.4 Å². The molecule has 0 saturated carbocycles. The Kier molecular flexibility index (Phi) is 4.94. The highest BCUT2D eigenvalue weighted by Gasteiger charge is 2.17. The Morgan fingerprint density at radius 1 is 1.24 bits per heavy atom. The van der Waals surface area contributed by atoms with E-state index in [1.165, 1.54) is 61.8 Å². The fourth-order valence-corrected chi connectivity index (χ4v) is 3.22. The molecule has 1 aliphatic rings. The molecule has 0 amide bonds. The number of fused-ring (bicyclic) bond motifs is 1. The van der Waals surface area contributed by atoms with E-state index in [0.29, 0.717) is 6.04 Å². The number of nitrogens with one attached hydrogen (secondary N) is 2. The first kappa shape index (κ1) is 14.6. The minimum Gasteiger partial charge on any atom is -0.361 e. The van der Waals surface area contributed by atoms with Gasteiger partial charge in [0.1, 0.15) is 0 Å². The van der Waals surface area contributed by atoms with E-state index in [0.717, 1.165) is 6.54 Å². The molecule has 114 valence electrons. The van der Waals surface area contributed by atoms with Gasteiger partial charge in [-0.25, -0.2) is 0 Å². The van der Waals surface area contributed by atoms with Crippen LogP contribution in [0.2, 0.25) is 0 Å². The van der Waals surface area contributed by atoms with Gasteiger partial charge in [-0.2, -0.15) is 0 Å². The Labute approximate surface area is 127 Å². The van der Waals surface area contributed by atoms with E-state index < -0.39 is 0 Å². The van der Waals surface area contributed by atoms with Gasteiger partial charge >= 0.3 is 0 Å². The molecule has 0 bridgehead atoms. The molecule has 3 nitrogen and oxygen atoms in total. The summed E-state index contributed by atoms with van der Waals surface area (Å²) < 4.78 is 0. The molecule has 1 aliphatic heterocycles. The van der Waals surface area contributed by atoms with Crippen molar-refractivity contribution < 1.29 is 0 Å². The maximum Gasteiger partial charge on any atom is 0.0454 e. The van der Waals surface area contributed by atoms with Crippen LogP contribution in [0.5, 0.6) is 0 Å². The van der Waals surface area contributed by atoms with Crippen molar-refractivity contribution in [3.63, 3.8) is 0 Å². The fraction of sp³-hybridized carbons (Fsp3) is 0.556. The summed E-state index contributed by atoms with van der Waals surface area (Å²) in [5.74, 6) is 0. The summed E-state index contributed by atoms with van der Waals surface area (Å²) in [7, 11) is 0. The molecule has 0 atom stereocenters. The van der Waals surface area contributed by atoms with Crippen molar-refractivity contribution in [3.8, 4) is 0 Å². The number of hydrogen-bond donors (Lipinski definition) is 2. The van der Waals surface area contributed by atoms with Crippen molar-refractivity contribution >= 4 is 10.9 Å². The third-order valence-electron chi connectivity index (χ3n) is 4.63. The van der Waals surface area contributed by atoms with Gasteiger partial charge in [-0.3, -0.25) is 0 Å². The molecule has 0 unspecified atom stereocenters. The van der Waals surface area contributed by atoms with Crippen molar-refractivity contribution in [3.05, 3.63) is 36.0 Å². The van der Waals surface area contributed by atoms with Crippen LogP contribution in [0.4, 0.5) is 0 Å². The van der Waals surface area contributed by atoms with Gasteiger partial charge in [0.25, 0.3) is 0 Å². The summed E-state index contributed by atoms with van der Waals surface area (Å²) in [4.78, 5) is 5.87. The highest BCUT2D eigenvalue weighted by Crippen LogP contribution is 2.16.